The third-order valence-corrected chi connectivity index (χ3v) is 5.99. The van der Waals surface area contributed by atoms with E-state index in [1.807, 2.05) is 18.2 Å². The highest BCUT2D eigenvalue weighted by atomic mass is 32.2. The number of benzene rings is 2. The molecule has 0 aromatic heterocycles. The average Bonchev–Trinajstić information content (AvgIpc) is 3.04. The highest BCUT2D eigenvalue weighted by Gasteiger charge is 2.30. The highest BCUT2D eigenvalue weighted by molar-refractivity contribution is 8.18. The van der Waals surface area contributed by atoms with E-state index in [1.54, 1.807) is 43.1 Å². The van der Waals surface area contributed by atoms with Crippen molar-refractivity contribution >= 4 is 46.3 Å². The number of ether oxygens (including phenoxy) is 1. The summed E-state index contributed by atoms with van der Waals surface area (Å²) in [5.41, 5.74) is 3.28. The van der Waals surface area contributed by atoms with Crippen molar-refractivity contribution in [2.24, 2.45) is 4.99 Å². The molecule has 3 rings (SSSR count). The van der Waals surface area contributed by atoms with Crippen LogP contribution in [0.2, 0.25) is 0 Å². The van der Waals surface area contributed by atoms with Crippen LogP contribution in [0.25, 0.3) is 6.08 Å². The van der Waals surface area contributed by atoms with Gasteiger partial charge in [-0.25, -0.2) is 9.79 Å². The summed E-state index contributed by atoms with van der Waals surface area (Å²) in [5.74, 6) is -0.443. The van der Waals surface area contributed by atoms with Crippen LogP contribution in [0, 0.1) is 0 Å². The summed E-state index contributed by atoms with van der Waals surface area (Å²) in [6.45, 7) is 8.28. The van der Waals surface area contributed by atoms with Gasteiger partial charge in [-0.1, -0.05) is 12.1 Å². The van der Waals surface area contributed by atoms with Gasteiger partial charge in [0.25, 0.3) is 5.91 Å². The zero-order valence-corrected chi connectivity index (χ0v) is 19.1. The quantitative estimate of drug-likeness (QED) is 0.453. The number of esters is 1. The molecule has 0 saturated carbocycles. The Labute approximate surface area is 187 Å². The predicted octanol–water partition coefficient (Wildman–Crippen LogP) is 4.94. The fraction of sp³-hybridized carbons (Fsp3) is 0.292. The van der Waals surface area contributed by atoms with Gasteiger partial charge in [-0.05, 0) is 80.6 Å². The first kappa shape index (κ1) is 22.6. The predicted molar refractivity (Wildman–Crippen MR) is 128 cm³/mol. The molecule has 1 saturated heterocycles. The van der Waals surface area contributed by atoms with E-state index >= 15 is 0 Å². The Morgan fingerprint density at radius 1 is 1.06 bits per heavy atom. The summed E-state index contributed by atoms with van der Waals surface area (Å²) in [7, 11) is 1.71. The van der Waals surface area contributed by atoms with Gasteiger partial charge in [-0.15, -0.1) is 0 Å². The number of nitrogens with zero attached hydrogens (tertiary/aromatic N) is 3. The van der Waals surface area contributed by atoms with E-state index in [4.69, 9.17) is 4.74 Å². The Bertz CT molecular complexity index is 994. The molecule has 0 spiro atoms. The molecule has 0 aliphatic carbocycles. The Kier molecular flexibility index (Phi) is 7.52. The van der Waals surface area contributed by atoms with Gasteiger partial charge in [0, 0.05) is 25.8 Å². The molecule has 162 valence electrons. The van der Waals surface area contributed by atoms with Crippen molar-refractivity contribution in [2.45, 2.75) is 20.8 Å². The maximum atomic E-state index is 12.7. The van der Waals surface area contributed by atoms with Crippen molar-refractivity contribution in [3.05, 3.63) is 64.6 Å². The molecule has 1 aliphatic heterocycles. The maximum Gasteiger partial charge on any atom is 0.338 e. The number of likely N-dealkylation sites (N-methyl/N-ethyl adjacent to an activating group) is 1. The molecule has 31 heavy (non-hydrogen) atoms. The van der Waals surface area contributed by atoms with Crippen LogP contribution >= 0.6 is 11.8 Å². The largest absolute Gasteiger partial charge is 0.462 e. The van der Waals surface area contributed by atoms with Gasteiger partial charge >= 0.3 is 5.97 Å². The third kappa shape index (κ3) is 5.35. The highest BCUT2D eigenvalue weighted by Crippen LogP contribution is 2.33. The number of thioether (sulfide) groups is 1. The van der Waals surface area contributed by atoms with E-state index in [1.165, 1.54) is 17.4 Å². The topological polar surface area (TPSA) is 62.2 Å². The lowest BCUT2D eigenvalue weighted by Gasteiger charge is -2.20. The van der Waals surface area contributed by atoms with Crippen molar-refractivity contribution in [1.29, 1.82) is 0 Å². The summed E-state index contributed by atoms with van der Waals surface area (Å²) in [5, 5.41) is 0.597. The van der Waals surface area contributed by atoms with Crippen LogP contribution in [-0.4, -0.2) is 48.7 Å². The van der Waals surface area contributed by atoms with E-state index in [0.29, 0.717) is 27.9 Å². The number of carbonyl (C=O) groups excluding carboxylic acids is 2. The van der Waals surface area contributed by atoms with Crippen molar-refractivity contribution in [2.75, 3.05) is 31.6 Å². The Balaban J connectivity index is 1.76. The minimum absolute atomic E-state index is 0.0836. The average molecular weight is 438 g/mol. The van der Waals surface area contributed by atoms with E-state index in [-0.39, 0.29) is 11.9 Å². The Morgan fingerprint density at radius 3 is 2.29 bits per heavy atom. The van der Waals surface area contributed by atoms with Gasteiger partial charge in [0.1, 0.15) is 0 Å². The van der Waals surface area contributed by atoms with Crippen LogP contribution in [0.3, 0.4) is 0 Å². The first-order valence-corrected chi connectivity index (χ1v) is 11.2. The molecular formula is C24H27N3O3S. The lowest BCUT2D eigenvalue weighted by Crippen LogP contribution is -2.23. The lowest BCUT2D eigenvalue weighted by atomic mass is 10.1. The van der Waals surface area contributed by atoms with Crippen molar-refractivity contribution in [3.8, 4) is 0 Å². The van der Waals surface area contributed by atoms with Gasteiger partial charge in [0.2, 0.25) is 0 Å². The van der Waals surface area contributed by atoms with Gasteiger partial charge in [0.05, 0.1) is 22.8 Å². The van der Waals surface area contributed by atoms with Crippen molar-refractivity contribution in [1.82, 2.24) is 4.90 Å². The molecule has 2 aromatic rings. The molecule has 6 nitrogen and oxygen atoms in total. The second-order valence-corrected chi connectivity index (χ2v) is 7.91. The number of anilines is 1. The molecule has 1 heterocycles. The normalized spacial score (nSPS) is 16.3. The number of hydrogen-bond donors (Lipinski definition) is 0. The van der Waals surface area contributed by atoms with Crippen LogP contribution < -0.4 is 4.90 Å². The number of amidine groups is 1. The van der Waals surface area contributed by atoms with Crippen LogP contribution in [0.1, 0.15) is 36.7 Å². The fourth-order valence-electron chi connectivity index (χ4n) is 3.17. The van der Waals surface area contributed by atoms with Gasteiger partial charge in [-0.2, -0.15) is 0 Å². The maximum absolute atomic E-state index is 12.7. The standard InChI is InChI=1S/C24H27N3O3S/c1-5-27(6-2)20-14-8-17(9-15-20)16-21-22(28)26(4)24(31-21)25-19-12-10-18(11-13-19)23(29)30-7-3/h8-16H,5-7H2,1-4H3/b21-16-,25-24?. The molecule has 0 unspecified atom stereocenters. The minimum atomic E-state index is -0.360. The number of hydrogen-bond acceptors (Lipinski definition) is 6. The summed E-state index contributed by atoms with van der Waals surface area (Å²) in [6, 6.07) is 15.0. The summed E-state index contributed by atoms with van der Waals surface area (Å²) >= 11 is 1.34. The fourth-order valence-corrected chi connectivity index (χ4v) is 4.16. The van der Waals surface area contributed by atoms with E-state index in [0.717, 1.165) is 18.7 Å². The zero-order valence-electron chi connectivity index (χ0n) is 18.3. The number of amides is 1. The summed E-state index contributed by atoms with van der Waals surface area (Å²) in [4.78, 5) is 33.5. The first-order valence-electron chi connectivity index (χ1n) is 10.3. The molecule has 2 aromatic carbocycles. The van der Waals surface area contributed by atoms with Crippen molar-refractivity contribution in [3.63, 3.8) is 0 Å². The molecule has 0 N–H and O–H groups in total. The molecule has 0 radical (unpaired) electrons. The number of aliphatic imine (C=N–C) groups is 1. The first-order chi connectivity index (χ1) is 15.0. The lowest BCUT2D eigenvalue weighted by molar-refractivity contribution is -0.121. The zero-order chi connectivity index (χ0) is 22.4. The number of rotatable bonds is 7. The Morgan fingerprint density at radius 2 is 1.71 bits per heavy atom. The van der Waals surface area contributed by atoms with E-state index in [2.05, 4.69) is 35.9 Å². The SMILES string of the molecule is CCOC(=O)c1ccc(N=C2S/C(=C\c3ccc(N(CC)CC)cc3)C(=O)N2C)cc1. The van der Waals surface area contributed by atoms with Gasteiger partial charge in [0.15, 0.2) is 5.17 Å². The van der Waals surface area contributed by atoms with Crippen LogP contribution in [0.5, 0.6) is 0 Å². The third-order valence-electron chi connectivity index (χ3n) is 4.93. The van der Waals surface area contributed by atoms with Crippen molar-refractivity contribution < 1.29 is 14.3 Å². The summed E-state index contributed by atoms with van der Waals surface area (Å²) in [6.07, 6.45) is 1.89. The molecule has 1 aliphatic rings. The van der Waals surface area contributed by atoms with Gasteiger partial charge < -0.3 is 9.64 Å². The molecule has 7 heteroatoms. The van der Waals surface area contributed by atoms with E-state index < -0.39 is 0 Å². The second-order valence-electron chi connectivity index (χ2n) is 6.90. The molecule has 0 atom stereocenters. The molecule has 1 amide bonds. The smallest absolute Gasteiger partial charge is 0.338 e. The van der Waals surface area contributed by atoms with Gasteiger partial charge in [-0.3, -0.25) is 9.69 Å². The van der Waals surface area contributed by atoms with Crippen LogP contribution in [-0.2, 0) is 9.53 Å². The second kappa shape index (κ2) is 10.3. The minimum Gasteiger partial charge on any atom is -0.462 e. The molecule has 0 bridgehead atoms. The Hall–Kier alpha value is -3.06. The van der Waals surface area contributed by atoms with Crippen LogP contribution in [0.4, 0.5) is 11.4 Å². The van der Waals surface area contributed by atoms with Crippen LogP contribution in [0.15, 0.2) is 58.4 Å². The summed E-state index contributed by atoms with van der Waals surface area (Å²) < 4.78 is 4.99. The molecule has 1 fully saturated rings. The monoisotopic (exact) mass is 437 g/mol. The molecular weight excluding hydrogens is 410 g/mol. The number of carbonyl (C=O) groups is 2. The van der Waals surface area contributed by atoms with E-state index in [9.17, 15) is 9.59 Å².